The first-order valence-electron chi connectivity index (χ1n) is 4.51. The molecular weight excluding hydrogens is 183 g/mol. The third kappa shape index (κ3) is 1.05. The second-order valence-electron chi connectivity index (χ2n) is 3.49. The van der Waals surface area contributed by atoms with Crippen molar-refractivity contribution in [3.05, 3.63) is 18.5 Å². The van der Waals surface area contributed by atoms with Crippen LogP contribution in [0.5, 0.6) is 0 Å². The molecule has 0 saturated carbocycles. The number of pyridine rings is 1. The predicted octanol–water partition coefficient (Wildman–Crippen LogP) is 1.12. The summed E-state index contributed by atoms with van der Waals surface area (Å²) >= 11 is 0. The van der Waals surface area contributed by atoms with Crippen molar-refractivity contribution in [1.82, 2.24) is 15.2 Å². The second-order valence-corrected chi connectivity index (χ2v) is 3.49. The maximum atomic E-state index is 12.6. The summed E-state index contributed by atoms with van der Waals surface area (Å²) in [5.74, 6) is 0. The number of aromatic nitrogens is 3. The van der Waals surface area contributed by atoms with Crippen molar-refractivity contribution >= 4 is 16.7 Å². The lowest BCUT2D eigenvalue weighted by atomic mass is 10.1. The van der Waals surface area contributed by atoms with Gasteiger partial charge in [-0.2, -0.15) is 5.10 Å². The number of H-pyrrole nitrogens is 1. The van der Waals surface area contributed by atoms with Gasteiger partial charge in [-0.1, -0.05) is 0 Å². The van der Waals surface area contributed by atoms with Crippen molar-refractivity contribution in [2.45, 2.75) is 6.17 Å². The van der Waals surface area contributed by atoms with Gasteiger partial charge < -0.3 is 4.90 Å². The fourth-order valence-electron chi connectivity index (χ4n) is 1.63. The summed E-state index contributed by atoms with van der Waals surface area (Å²) in [7, 11) is 0. The van der Waals surface area contributed by atoms with Crippen LogP contribution in [0.4, 0.5) is 10.1 Å². The van der Waals surface area contributed by atoms with Crippen LogP contribution in [0.1, 0.15) is 0 Å². The molecule has 4 nitrogen and oxygen atoms in total. The summed E-state index contributed by atoms with van der Waals surface area (Å²) < 4.78 is 12.6. The van der Waals surface area contributed by atoms with Crippen molar-refractivity contribution in [3.63, 3.8) is 0 Å². The van der Waals surface area contributed by atoms with Crippen molar-refractivity contribution < 1.29 is 4.39 Å². The number of aromatic amines is 1. The Balaban J connectivity index is 1.97. The van der Waals surface area contributed by atoms with Gasteiger partial charge in [0.05, 0.1) is 25.0 Å². The summed E-state index contributed by atoms with van der Waals surface area (Å²) in [6.45, 7) is 0.954. The van der Waals surface area contributed by atoms with Crippen LogP contribution < -0.4 is 4.90 Å². The Morgan fingerprint density at radius 3 is 3.14 bits per heavy atom. The Kier molecular flexibility index (Phi) is 1.47. The molecule has 0 aromatic carbocycles. The monoisotopic (exact) mass is 192 g/mol. The Labute approximate surface area is 79.7 Å². The largest absolute Gasteiger partial charge is 0.364 e. The van der Waals surface area contributed by atoms with Gasteiger partial charge in [0.1, 0.15) is 6.17 Å². The fourth-order valence-corrected chi connectivity index (χ4v) is 1.63. The van der Waals surface area contributed by atoms with Gasteiger partial charge >= 0.3 is 0 Å². The van der Waals surface area contributed by atoms with Crippen LogP contribution in [0, 0.1) is 0 Å². The topological polar surface area (TPSA) is 44.8 Å². The van der Waals surface area contributed by atoms with E-state index in [2.05, 4.69) is 15.2 Å². The van der Waals surface area contributed by atoms with E-state index in [1.807, 2.05) is 11.0 Å². The van der Waals surface area contributed by atoms with Crippen LogP contribution >= 0.6 is 0 Å². The lowest BCUT2D eigenvalue weighted by Crippen LogP contribution is -2.48. The van der Waals surface area contributed by atoms with E-state index >= 15 is 0 Å². The molecule has 0 spiro atoms. The van der Waals surface area contributed by atoms with Crippen LogP contribution in [-0.2, 0) is 0 Å². The van der Waals surface area contributed by atoms with Crippen LogP contribution in [0.3, 0.4) is 0 Å². The summed E-state index contributed by atoms with van der Waals surface area (Å²) in [6, 6.07) is 1.97. The Morgan fingerprint density at radius 2 is 2.36 bits per heavy atom. The molecule has 0 aliphatic carbocycles. The third-order valence-corrected chi connectivity index (χ3v) is 2.47. The van der Waals surface area contributed by atoms with Gasteiger partial charge in [0.25, 0.3) is 0 Å². The average molecular weight is 192 g/mol. The third-order valence-electron chi connectivity index (χ3n) is 2.47. The minimum absolute atomic E-state index is 0.477. The normalized spacial score (nSPS) is 17.4. The molecule has 14 heavy (non-hydrogen) atoms. The van der Waals surface area contributed by atoms with Crippen molar-refractivity contribution in [2.75, 3.05) is 18.0 Å². The number of hydrogen-bond acceptors (Lipinski definition) is 3. The van der Waals surface area contributed by atoms with Gasteiger partial charge in [-0.15, -0.1) is 0 Å². The number of halogens is 1. The summed E-state index contributed by atoms with van der Waals surface area (Å²) in [4.78, 5) is 6.13. The molecule has 3 rings (SSSR count). The molecule has 1 N–H and O–H groups in total. The first-order valence-corrected chi connectivity index (χ1v) is 4.51. The zero-order chi connectivity index (χ0) is 9.54. The lowest BCUT2D eigenvalue weighted by molar-refractivity contribution is 0.275. The van der Waals surface area contributed by atoms with Crippen LogP contribution in [0.15, 0.2) is 18.5 Å². The molecule has 1 aliphatic heterocycles. The highest BCUT2D eigenvalue weighted by Crippen LogP contribution is 2.23. The van der Waals surface area contributed by atoms with Crippen LogP contribution in [0.2, 0.25) is 0 Å². The second kappa shape index (κ2) is 2.67. The van der Waals surface area contributed by atoms with E-state index in [1.165, 1.54) is 0 Å². The number of fused-ring (bicyclic) bond motifs is 1. The highest BCUT2D eigenvalue weighted by Gasteiger charge is 2.26. The van der Waals surface area contributed by atoms with E-state index in [1.54, 1.807) is 12.4 Å². The van der Waals surface area contributed by atoms with Gasteiger partial charge in [0, 0.05) is 11.6 Å². The fraction of sp³-hybridized carbons (Fsp3) is 0.333. The van der Waals surface area contributed by atoms with Crippen LogP contribution in [0.25, 0.3) is 11.0 Å². The maximum Gasteiger partial charge on any atom is 0.180 e. The van der Waals surface area contributed by atoms with E-state index in [9.17, 15) is 4.39 Å². The Bertz CT molecular complexity index is 461. The number of hydrogen-bond donors (Lipinski definition) is 1. The minimum Gasteiger partial charge on any atom is -0.364 e. The Morgan fingerprint density at radius 1 is 1.50 bits per heavy atom. The SMILES string of the molecule is FC1CN(c2cnc3n[nH]cc3c2)C1. The van der Waals surface area contributed by atoms with E-state index < -0.39 is 6.17 Å². The van der Waals surface area contributed by atoms with Gasteiger partial charge in [-0.3, -0.25) is 5.10 Å². The molecule has 0 atom stereocenters. The predicted molar refractivity (Wildman–Crippen MR) is 51.0 cm³/mol. The standard InChI is InChI=1S/C9H9FN4/c10-7-4-14(5-7)8-1-6-2-12-13-9(6)11-3-8/h1-3,7H,4-5H2,(H,11,12,13). The number of nitrogens with zero attached hydrogens (tertiary/aromatic N) is 3. The van der Waals surface area contributed by atoms with Gasteiger partial charge in [-0.05, 0) is 6.07 Å². The number of anilines is 1. The quantitative estimate of drug-likeness (QED) is 0.736. The minimum atomic E-state index is -0.685. The van der Waals surface area contributed by atoms with Crippen molar-refractivity contribution in [3.8, 4) is 0 Å². The van der Waals surface area contributed by atoms with E-state index in [4.69, 9.17) is 0 Å². The zero-order valence-corrected chi connectivity index (χ0v) is 7.44. The number of nitrogens with one attached hydrogen (secondary N) is 1. The highest BCUT2D eigenvalue weighted by atomic mass is 19.1. The molecule has 0 amide bonds. The lowest BCUT2D eigenvalue weighted by Gasteiger charge is -2.36. The first kappa shape index (κ1) is 7.73. The van der Waals surface area contributed by atoms with Crippen molar-refractivity contribution in [2.24, 2.45) is 0 Å². The smallest absolute Gasteiger partial charge is 0.180 e. The number of rotatable bonds is 1. The molecule has 2 aromatic heterocycles. The van der Waals surface area contributed by atoms with Crippen molar-refractivity contribution in [1.29, 1.82) is 0 Å². The maximum absolute atomic E-state index is 12.6. The highest BCUT2D eigenvalue weighted by molar-refractivity contribution is 5.77. The molecule has 5 heteroatoms. The average Bonchev–Trinajstić information content (AvgIpc) is 2.59. The van der Waals surface area contributed by atoms with Gasteiger partial charge in [-0.25, -0.2) is 9.37 Å². The summed E-state index contributed by atoms with van der Waals surface area (Å²) in [5.41, 5.74) is 1.67. The molecule has 1 fully saturated rings. The molecule has 2 aromatic rings. The molecule has 0 bridgehead atoms. The molecule has 0 unspecified atom stereocenters. The Hall–Kier alpha value is -1.65. The van der Waals surface area contributed by atoms with E-state index in [0.717, 1.165) is 11.1 Å². The molecular formula is C9H9FN4. The number of alkyl halides is 1. The molecule has 1 aliphatic rings. The zero-order valence-electron chi connectivity index (χ0n) is 7.44. The van der Waals surface area contributed by atoms with Gasteiger partial charge in [0.2, 0.25) is 0 Å². The van der Waals surface area contributed by atoms with Crippen LogP contribution in [-0.4, -0.2) is 34.4 Å². The first-order chi connectivity index (χ1) is 6.83. The van der Waals surface area contributed by atoms with Gasteiger partial charge in [0.15, 0.2) is 5.65 Å². The molecule has 72 valence electrons. The van der Waals surface area contributed by atoms with E-state index in [0.29, 0.717) is 18.7 Å². The summed E-state index contributed by atoms with van der Waals surface area (Å²) in [6.07, 6.45) is 2.84. The summed E-state index contributed by atoms with van der Waals surface area (Å²) in [5, 5.41) is 7.66. The molecule has 3 heterocycles. The van der Waals surface area contributed by atoms with E-state index in [-0.39, 0.29) is 0 Å². The molecule has 1 saturated heterocycles. The molecule has 0 radical (unpaired) electrons.